The first-order chi connectivity index (χ1) is 13.7. The summed E-state index contributed by atoms with van der Waals surface area (Å²) in [6.07, 6.45) is 3.95. The van der Waals surface area contributed by atoms with Gasteiger partial charge in [-0.05, 0) is 50.0 Å². The highest BCUT2D eigenvalue weighted by Crippen LogP contribution is 2.23. The Morgan fingerprint density at radius 1 is 1.21 bits per heavy atom. The van der Waals surface area contributed by atoms with Crippen molar-refractivity contribution in [3.05, 3.63) is 35.9 Å². The molecule has 2 fully saturated rings. The molecule has 4 rings (SSSR count). The first-order valence-electron chi connectivity index (χ1n) is 10.4. The van der Waals surface area contributed by atoms with E-state index >= 15 is 0 Å². The fourth-order valence-corrected chi connectivity index (χ4v) is 4.45. The van der Waals surface area contributed by atoms with E-state index in [9.17, 15) is 0 Å². The van der Waals surface area contributed by atoms with E-state index in [2.05, 4.69) is 49.3 Å². The zero-order valence-corrected chi connectivity index (χ0v) is 20.1. The second-order valence-electron chi connectivity index (χ2n) is 8.08. The Kier molecular flexibility index (Phi) is 7.56. The van der Waals surface area contributed by atoms with Crippen LogP contribution < -0.4 is 10.2 Å². The Balaban J connectivity index is 0.00000240. The van der Waals surface area contributed by atoms with Gasteiger partial charge in [0.1, 0.15) is 5.82 Å². The Bertz CT molecular complexity index is 846. The zero-order chi connectivity index (χ0) is 19.5. The lowest BCUT2D eigenvalue weighted by Crippen LogP contribution is -2.42. The predicted molar refractivity (Wildman–Crippen MR) is 132 cm³/mol. The first kappa shape index (κ1) is 22.1. The molecule has 2 saturated heterocycles. The molecule has 1 aromatic heterocycles. The van der Waals surface area contributed by atoms with E-state index in [0.717, 1.165) is 36.9 Å². The fourth-order valence-electron chi connectivity index (χ4n) is 4.45. The number of nitrogens with zero attached hydrogens (tertiary/aromatic N) is 5. The molecular weight excluding hydrogens is 475 g/mol. The molecule has 1 atom stereocenters. The lowest BCUT2D eigenvalue weighted by atomic mass is 10.1. The van der Waals surface area contributed by atoms with Gasteiger partial charge in [-0.1, -0.05) is 18.2 Å². The molecule has 0 aliphatic carbocycles. The van der Waals surface area contributed by atoms with E-state index in [1.165, 1.54) is 43.3 Å². The van der Waals surface area contributed by atoms with Crippen LogP contribution in [0.2, 0.25) is 0 Å². The molecule has 2 aromatic rings. The number of hydrogen-bond acceptors (Lipinski definition) is 4. The molecule has 1 aromatic carbocycles. The molecule has 0 spiro atoms. The summed E-state index contributed by atoms with van der Waals surface area (Å²) in [6, 6.07) is 11.2. The normalized spacial score (nSPS) is 20.2. The number of aromatic nitrogens is 1. The van der Waals surface area contributed by atoms with E-state index < -0.39 is 0 Å². The quantitative estimate of drug-likeness (QED) is 0.391. The van der Waals surface area contributed by atoms with Gasteiger partial charge in [0.05, 0.1) is 5.52 Å². The monoisotopic (exact) mass is 508 g/mol. The summed E-state index contributed by atoms with van der Waals surface area (Å²) >= 11 is 0. The van der Waals surface area contributed by atoms with Gasteiger partial charge in [0.25, 0.3) is 0 Å². The summed E-state index contributed by atoms with van der Waals surface area (Å²) in [5.74, 6) is 2.00. The number of nitrogens with one attached hydrogen (secondary N) is 1. The van der Waals surface area contributed by atoms with Crippen molar-refractivity contribution < 1.29 is 0 Å². The Morgan fingerprint density at radius 2 is 1.97 bits per heavy atom. The van der Waals surface area contributed by atoms with Gasteiger partial charge in [0.15, 0.2) is 5.96 Å². The number of hydrogen-bond donors (Lipinski definition) is 1. The molecule has 1 N–H and O–H groups in total. The number of likely N-dealkylation sites (tertiary alicyclic amines) is 2. The lowest BCUT2D eigenvalue weighted by Gasteiger charge is -2.25. The maximum atomic E-state index is 4.77. The molecule has 158 valence electrons. The van der Waals surface area contributed by atoms with Gasteiger partial charge < -0.3 is 15.1 Å². The Labute approximate surface area is 191 Å². The summed E-state index contributed by atoms with van der Waals surface area (Å²) in [7, 11) is 5.97. The third-order valence-electron chi connectivity index (χ3n) is 6.02. The summed E-state index contributed by atoms with van der Waals surface area (Å²) in [5, 5.41) is 4.81. The third kappa shape index (κ3) is 4.94. The van der Waals surface area contributed by atoms with E-state index in [1.54, 1.807) is 0 Å². The number of halogens is 1. The molecule has 2 aliphatic heterocycles. The fraction of sp³-hybridized carbons (Fsp3) is 0.545. The van der Waals surface area contributed by atoms with Crippen LogP contribution >= 0.6 is 24.0 Å². The predicted octanol–water partition coefficient (Wildman–Crippen LogP) is 3.16. The van der Waals surface area contributed by atoms with E-state index in [1.807, 2.05) is 27.2 Å². The smallest absolute Gasteiger partial charge is 0.193 e. The molecule has 7 heteroatoms. The average molecular weight is 508 g/mol. The Hall–Kier alpha value is -1.61. The van der Waals surface area contributed by atoms with Crippen LogP contribution in [-0.4, -0.2) is 74.1 Å². The van der Waals surface area contributed by atoms with Crippen LogP contribution in [0.4, 0.5) is 5.82 Å². The number of para-hydroxylation sites is 1. The van der Waals surface area contributed by atoms with Crippen LogP contribution in [-0.2, 0) is 6.54 Å². The highest BCUT2D eigenvalue weighted by Gasteiger charge is 2.30. The molecule has 0 radical (unpaired) electrons. The van der Waals surface area contributed by atoms with Gasteiger partial charge in [0.2, 0.25) is 0 Å². The minimum absolute atomic E-state index is 0. The summed E-state index contributed by atoms with van der Waals surface area (Å²) < 4.78 is 0. The Morgan fingerprint density at radius 3 is 2.69 bits per heavy atom. The van der Waals surface area contributed by atoms with Crippen LogP contribution in [0.25, 0.3) is 10.9 Å². The minimum atomic E-state index is 0. The minimum Gasteiger partial charge on any atom is -0.363 e. The second kappa shape index (κ2) is 9.93. The number of pyridine rings is 1. The molecule has 6 nitrogen and oxygen atoms in total. The van der Waals surface area contributed by atoms with Crippen LogP contribution in [0, 0.1) is 0 Å². The highest BCUT2D eigenvalue weighted by molar-refractivity contribution is 14.0. The average Bonchev–Trinajstić information content (AvgIpc) is 3.40. The van der Waals surface area contributed by atoms with Crippen molar-refractivity contribution in [2.45, 2.75) is 31.8 Å². The summed E-state index contributed by atoms with van der Waals surface area (Å²) in [4.78, 5) is 16.5. The molecule has 29 heavy (non-hydrogen) atoms. The molecule has 0 bridgehead atoms. The first-order valence-corrected chi connectivity index (χ1v) is 10.4. The van der Waals surface area contributed by atoms with Gasteiger partial charge in [-0.25, -0.2) is 4.98 Å². The van der Waals surface area contributed by atoms with Gasteiger partial charge in [-0.15, -0.1) is 24.0 Å². The molecule has 0 amide bonds. The van der Waals surface area contributed by atoms with E-state index in [-0.39, 0.29) is 24.0 Å². The van der Waals surface area contributed by atoms with Crippen molar-refractivity contribution in [3.8, 4) is 0 Å². The van der Waals surface area contributed by atoms with Crippen LogP contribution in [0.15, 0.2) is 35.3 Å². The SMILES string of the molecule is CN=C(NCc1cc(N(C)C)nc2ccccc12)N1CCC(N2CCCC2)C1.I. The summed E-state index contributed by atoms with van der Waals surface area (Å²) in [5.41, 5.74) is 2.29. The molecule has 0 saturated carbocycles. The maximum Gasteiger partial charge on any atom is 0.193 e. The number of benzene rings is 1. The van der Waals surface area contributed by atoms with E-state index in [0.29, 0.717) is 6.04 Å². The van der Waals surface area contributed by atoms with Gasteiger partial charge in [-0.3, -0.25) is 9.89 Å². The zero-order valence-electron chi connectivity index (χ0n) is 17.8. The summed E-state index contributed by atoms with van der Waals surface area (Å²) in [6.45, 7) is 5.45. The number of rotatable bonds is 4. The van der Waals surface area contributed by atoms with E-state index in [4.69, 9.17) is 4.98 Å². The number of aliphatic imine (C=N–C) groups is 1. The molecule has 3 heterocycles. The maximum absolute atomic E-state index is 4.77. The van der Waals surface area contributed by atoms with Crippen LogP contribution in [0.3, 0.4) is 0 Å². The van der Waals surface area contributed by atoms with Crippen molar-refractivity contribution in [2.24, 2.45) is 4.99 Å². The number of anilines is 1. The van der Waals surface area contributed by atoms with Crippen molar-refractivity contribution in [2.75, 3.05) is 52.2 Å². The second-order valence-corrected chi connectivity index (χ2v) is 8.08. The van der Waals surface area contributed by atoms with Crippen molar-refractivity contribution in [1.82, 2.24) is 20.1 Å². The van der Waals surface area contributed by atoms with Crippen molar-refractivity contribution in [3.63, 3.8) is 0 Å². The largest absolute Gasteiger partial charge is 0.363 e. The number of fused-ring (bicyclic) bond motifs is 1. The van der Waals surface area contributed by atoms with Gasteiger partial charge in [-0.2, -0.15) is 0 Å². The lowest BCUT2D eigenvalue weighted by molar-refractivity contribution is 0.249. The number of guanidine groups is 1. The van der Waals surface area contributed by atoms with Crippen molar-refractivity contribution >= 4 is 46.7 Å². The molecular formula is C22H33IN6. The highest BCUT2D eigenvalue weighted by atomic mass is 127. The molecule has 1 unspecified atom stereocenters. The van der Waals surface area contributed by atoms with Crippen molar-refractivity contribution in [1.29, 1.82) is 0 Å². The standard InChI is InChI=1S/C22H32N6.HI/c1-23-22(28-13-10-18(16-28)27-11-6-7-12-27)24-15-17-14-21(26(2)3)25-20-9-5-4-8-19(17)20;/h4-5,8-9,14,18H,6-7,10-13,15-16H2,1-3H3,(H,23,24);1H. The van der Waals surface area contributed by atoms with Gasteiger partial charge in [0, 0.05) is 52.2 Å². The van der Waals surface area contributed by atoms with Gasteiger partial charge >= 0.3 is 0 Å². The van der Waals surface area contributed by atoms with Crippen LogP contribution in [0.5, 0.6) is 0 Å². The topological polar surface area (TPSA) is 47.0 Å². The third-order valence-corrected chi connectivity index (χ3v) is 6.02. The van der Waals surface area contributed by atoms with Crippen LogP contribution in [0.1, 0.15) is 24.8 Å². The molecule has 2 aliphatic rings.